The molecule has 0 aromatic carbocycles. The van der Waals surface area contributed by atoms with E-state index in [2.05, 4.69) is 20.3 Å². The van der Waals surface area contributed by atoms with Crippen LogP contribution in [0.3, 0.4) is 0 Å². The summed E-state index contributed by atoms with van der Waals surface area (Å²) in [5.41, 5.74) is 1.18. The molecule has 104 valence electrons. The fourth-order valence-electron chi connectivity index (χ4n) is 1.51. The number of hydrogen-bond acceptors (Lipinski definition) is 6. The molecule has 8 heteroatoms. The second-order valence-electron chi connectivity index (χ2n) is 3.95. The van der Waals surface area contributed by atoms with Crippen LogP contribution in [-0.2, 0) is 9.59 Å². The van der Waals surface area contributed by atoms with Crippen LogP contribution in [0.5, 0.6) is 0 Å². The van der Waals surface area contributed by atoms with Crippen LogP contribution >= 0.6 is 11.8 Å². The lowest BCUT2D eigenvalue weighted by atomic mass is 10.3. The minimum atomic E-state index is -1.08. The van der Waals surface area contributed by atoms with Crippen molar-refractivity contribution < 1.29 is 14.7 Å². The van der Waals surface area contributed by atoms with Gasteiger partial charge in [0.1, 0.15) is 11.6 Å². The number of thioether (sulfide) groups is 1. The molecule has 0 saturated heterocycles. The topological polar surface area (TPSA) is 105 Å². The van der Waals surface area contributed by atoms with E-state index in [1.165, 1.54) is 18.7 Å². The lowest BCUT2D eigenvalue weighted by Crippen LogP contribution is -2.41. The minimum absolute atomic E-state index is 0.188. The second kappa shape index (κ2) is 6.29. The van der Waals surface area contributed by atoms with Gasteiger partial charge in [0.2, 0.25) is 5.91 Å². The first kappa shape index (κ1) is 14.2. The molecule has 0 bridgehead atoms. The highest BCUT2D eigenvalue weighted by molar-refractivity contribution is 7.99. The molecule has 2 aromatic rings. The summed E-state index contributed by atoms with van der Waals surface area (Å²) in [6, 6.07) is 2.57. The number of amides is 1. The predicted octanol–water partition coefficient (Wildman–Crippen LogP) is 0.706. The number of nitrogens with one attached hydrogen (secondary N) is 1. The van der Waals surface area contributed by atoms with Crippen LogP contribution < -0.4 is 5.32 Å². The first-order valence-electron chi connectivity index (χ1n) is 5.77. The molecule has 1 unspecified atom stereocenters. The van der Waals surface area contributed by atoms with E-state index in [9.17, 15) is 9.59 Å². The van der Waals surface area contributed by atoms with E-state index < -0.39 is 12.0 Å². The van der Waals surface area contributed by atoms with Crippen LogP contribution in [0.25, 0.3) is 11.2 Å². The number of fused-ring (bicyclic) bond motifs is 1. The first-order chi connectivity index (χ1) is 9.56. The molecule has 0 aliphatic heterocycles. The highest BCUT2D eigenvalue weighted by Crippen LogP contribution is 2.18. The van der Waals surface area contributed by atoms with E-state index in [1.807, 2.05) is 0 Å². The molecule has 0 saturated carbocycles. The molecule has 20 heavy (non-hydrogen) atoms. The number of rotatable bonds is 5. The largest absolute Gasteiger partial charge is 0.480 e. The van der Waals surface area contributed by atoms with Crippen molar-refractivity contribution in [2.45, 2.75) is 18.0 Å². The quantitative estimate of drug-likeness (QED) is 0.782. The average molecular weight is 292 g/mol. The van der Waals surface area contributed by atoms with Gasteiger partial charge in [0.15, 0.2) is 5.65 Å². The highest BCUT2D eigenvalue weighted by atomic mass is 32.2. The summed E-state index contributed by atoms with van der Waals surface area (Å²) in [5, 5.41) is 12.0. The number of nitrogens with zero attached hydrogens (tertiary/aromatic N) is 3. The Bertz CT molecular complexity index is 649. The van der Waals surface area contributed by atoms with E-state index in [4.69, 9.17) is 5.11 Å². The molecule has 0 fully saturated rings. The summed E-state index contributed by atoms with van der Waals surface area (Å²) in [6.45, 7) is 1.28. The Morgan fingerprint density at radius 2 is 2.10 bits per heavy atom. The molecular weight excluding hydrogens is 280 g/mol. The van der Waals surface area contributed by atoms with Gasteiger partial charge in [-0.05, 0) is 12.1 Å². The fourth-order valence-corrected chi connectivity index (χ4v) is 2.38. The standard InChI is InChI=1S/C12H12N4O3S/c1-7(17)15-9(12(18)19)6-20-10-3-2-8-11(16-10)14-5-4-13-8/h2-5,9H,6H2,1H3,(H,15,17)(H,18,19). The number of aliphatic carboxylic acids is 1. The van der Waals surface area contributed by atoms with Gasteiger partial charge in [-0.3, -0.25) is 9.78 Å². The Kier molecular flexibility index (Phi) is 4.46. The Morgan fingerprint density at radius 3 is 2.80 bits per heavy atom. The van der Waals surface area contributed by atoms with Crippen molar-refractivity contribution in [2.75, 3.05) is 5.75 Å². The monoisotopic (exact) mass is 292 g/mol. The van der Waals surface area contributed by atoms with Crippen LogP contribution in [0.15, 0.2) is 29.6 Å². The summed E-state index contributed by atoms with van der Waals surface area (Å²) in [4.78, 5) is 34.4. The summed E-state index contributed by atoms with van der Waals surface area (Å²) in [5.74, 6) is -1.27. The highest BCUT2D eigenvalue weighted by Gasteiger charge is 2.18. The fraction of sp³-hybridized carbons (Fsp3) is 0.250. The Morgan fingerprint density at radius 1 is 1.35 bits per heavy atom. The molecule has 2 aromatic heterocycles. The normalized spacial score (nSPS) is 12.1. The van der Waals surface area contributed by atoms with Crippen molar-refractivity contribution in [1.82, 2.24) is 20.3 Å². The molecular formula is C12H12N4O3S. The van der Waals surface area contributed by atoms with E-state index in [0.717, 1.165) is 0 Å². The zero-order valence-corrected chi connectivity index (χ0v) is 11.4. The Balaban J connectivity index is 2.07. The van der Waals surface area contributed by atoms with Gasteiger partial charge in [-0.1, -0.05) is 0 Å². The lowest BCUT2D eigenvalue weighted by molar-refractivity contribution is -0.140. The first-order valence-corrected chi connectivity index (χ1v) is 6.75. The molecule has 1 atom stereocenters. The van der Waals surface area contributed by atoms with Crippen LogP contribution in [-0.4, -0.2) is 43.7 Å². The van der Waals surface area contributed by atoms with Crippen molar-refractivity contribution in [3.8, 4) is 0 Å². The maximum atomic E-state index is 11.0. The van der Waals surface area contributed by atoms with E-state index in [-0.39, 0.29) is 11.7 Å². The molecule has 2 heterocycles. The van der Waals surface area contributed by atoms with E-state index in [0.29, 0.717) is 16.2 Å². The van der Waals surface area contributed by atoms with Gasteiger partial charge in [-0.15, -0.1) is 11.8 Å². The van der Waals surface area contributed by atoms with Crippen LogP contribution in [0, 0.1) is 0 Å². The van der Waals surface area contributed by atoms with Gasteiger partial charge in [0.05, 0.1) is 5.03 Å². The smallest absolute Gasteiger partial charge is 0.327 e. The maximum Gasteiger partial charge on any atom is 0.327 e. The van der Waals surface area contributed by atoms with Gasteiger partial charge in [-0.25, -0.2) is 14.8 Å². The van der Waals surface area contributed by atoms with Gasteiger partial charge in [0, 0.05) is 25.1 Å². The van der Waals surface area contributed by atoms with Crippen LogP contribution in [0.4, 0.5) is 0 Å². The molecule has 2 N–H and O–H groups in total. The second-order valence-corrected chi connectivity index (χ2v) is 4.99. The molecule has 0 aliphatic rings. The number of carboxylic acid groups (broad SMARTS) is 1. The lowest BCUT2D eigenvalue weighted by Gasteiger charge is -2.12. The maximum absolute atomic E-state index is 11.0. The van der Waals surface area contributed by atoms with Crippen LogP contribution in [0.2, 0.25) is 0 Å². The van der Waals surface area contributed by atoms with Crippen molar-refractivity contribution >= 4 is 34.8 Å². The summed E-state index contributed by atoms with van der Waals surface area (Å²) in [7, 11) is 0. The Labute approximate surface area is 118 Å². The zero-order valence-electron chi connectivity index (χ0n) is 10.6. The van der Waals surface area contributed by atoms with E-state index >= 15 is 0 Å². The zero-order chi connectivity index (χ0) is 14.5. The molecule has 0 aliphatic carbocycles. The number of pyridine rings is 1. The minimum Gasteiger partial charge on any atom is -0.480 e. The predicted molar refractivity (Wildman–Crippen MR) is 73.3 cm³/mol. The number of aromatic nitrogens is 3. The molecule has 2 rings (SSSR count). The summed E-state index contributed by atoms with van der Waals surface area (Å²) in [6.07, 6.45) is 3.12. The van der Waals surface area contributed by atoms with Crippen LogP contribution in [0.1, 0.15) is 6.92 Å². The molecule has 1 amide bonds. The van der Waals surface area contributed by atoms with Crippen molar-refractivity contribution in [3.05, 3.63) is 24.5 Å². The summed E-state index contributed by atoms with van der Waals surface area (Å²) >= 11 is 1.24. The van der Waals surface area contributed by atoms with Gasteiger partial charge in [0.25, 0.3) is 0 Å². The molecule has 0 spiro atoms. The van der Waals surface area contributed by atoms with Gasteiger partial charge >= 0.3 is 5.97 Å². The third kappa shape index (κ3) is 3.64. The molecule has 7 nitrogen and oxygen atoms in total. The third-order valence-electron chi connectivity index (χ3n) is 2.38. The van der Waals surface area contributed by atoms with Crippen molar-refractivity contribution in [1.29, 1.82) is 0 Å². The number of carboxylic acids is 1. The SMILES string of the molecule is CC(=O)NC(CSc1ccc2nccnc2n1)C(=O)O. The number of carbonyl (C=O) groups is 2. The number of carbonyl (C=O) groups excluding carboxylic acids is 1. The van der Waals surface area contributed by atoms with Crippen molar-refractivity contribution in [2.24, 2.45) is 0 Å². The van der Waals surface area contributed by atoms with E-state index in [1.54, 1.807) is 24.5 Å². The third-order valence-corrected chi connectivity index (χ3v) is 3.40. The Hall–Kier alpha value is -2.22. The molecule has 0 radical (unpaired) electrons. The van der Waals surface area contributed by atoms with Gasteiger partial charge < -0.3 is 10.4 Å². The van der Waals surface area contributed by atoms with Gasteiger partial charge in [-0.2, -0.15) is 0 Å². The number of hydrogen-bond donors (Lipinski definition) is 2. The summed E-state index contributed by atoms with van der Waals surface area (Å²) < 4.78 is 0. The van der Waals surface area contributed by atoms with Crippen molar-refractivity contribution in [3.63, 3.8) is 0 Å². The average Bonchev–Trinajstić information content (AvgIpc) is 2.42.